The first-order valence-electron chi connectivity index (χ1n) is 6.78. The SMILES string of the molecule is CSc1ccc(-n2nnnc2C(C)NCC(C)C)cc1. The fraction of sp³-hybridized carbons (Fsp3) is 0.500. The lowest BCUT2D eigenvalue weighted by Gasteiger charge is -2.15. The van der Waals surface area contributed by atoms with Crippen molar-refractivity contribution in [2.75, 3.05) is 12.8 Å². The maximum absolute atomic E-state index is 4.15. The molecule has 0 saturated heterocycles. The predicted octanol–water partition coefficient (Wildman–Crippen LogP) is 2.69. The van der Waals surface area contributed by atoms with Crippen molar-refractivity contribution in [1.29, 1.82) is 0 Å². The molecular weight excluding hydrogens is 270 g/mol. The topological polar surface area (TPSA) is 55.6 Å². The largest absolute Gasteiger partial charge is 0.307 e. The maximum atomic E-state index is 4.15. The molecule has 1 aromatic carbocycles. The Kier molecular flexibility index (Phi) is 5.14. The summed E-state index contributed by atoms with van der Waals surface area (Å²) in [5, 5.41) is 15.5. The number of benzene rings is 1. The Labute approximate surface area is 124 Å². The second kappa shape index (κ2) is 6.85. The second-order valence-corrected chi connectivity index (χ2v) is 6.05. The van der Waals surface area contributed by atoms with Gasteiger partial charge in [-0.05, 0) is 60.3 Å². The van der Waals surface area contributed by atoms with Gasteiger partial charge >= 0.3 is 0 Å². The molecule has 5 nitrogen and oxygen atoms in total. The zero-order valence-corrected chi connectivity index (χ0v) is 13.2. The summed E-state index contributed by atoms with van der Waals surface area (Å²) in [5.41, 5.74) is 0.987. The molecular formula is C14H21N5S. The molecule has 1 aromatic heterocycles. The van der Waals surface area contributed by atoms with E-state index in [4.69, 9.17) is 0 Å². The number of nitrogens with one attached hydrogen (secondary N) is 1. The van der Waals surface area contributed by atoms with Crippen LogP contribution in [0.4, 0.5) is 0 Å². The van der Waals surface area contributed by atoms with Crippen molar-refractivity contribution in [3.63, 3.8) is 0 Å². The highest BCUT2D eigenvalue weighted by Crippen LogP contribution is 2.19. The van der Waals surface area contributed by atoms with Crippen LogP contribution in [0.25, 0.3) is 5.69 Å². The van der Waals surface area contributed by atoms with E-state index < -0.39 is 0 Å². The molecule has 0 amide bonds. The molecule has 2 rings (SSSR count). The van der Waals surface area contributed by atoms with Crippen LogP contribution in [-0.2, 0) is 0 Å². The van der Waals surface area contributed by atoms with Gasteiger partial charge in [0.2, 0.25) is 0 Å². The van der Waals surface area contributed by atoms with Crippen LogP contribution in [0.3, 0.4) is 0 Å². The Morgan fingerprint density at radius 1 is 1.20 bits per heavy atom. The molecule has 0 aliphatic rings. The molecule has 0 spiro atoms. The summed E-state index contributed by atoms with van der Waals surface area (Å²) in [6, 6.07) is 8.37. The fourth-order valence-corrected chi connectivity index (χ4v) is 2.28. The van der Waals surface area contributed by atoms with Gasteiger partial charge in [0.15, 0.2) is 5.82 Å². The van der Waals surface area contributed by atoms with E-state index >= 15 is 0 Å². The molecule has 1 N–H and O–H groups in total. The van der Waals surface area contributed by atoms with Crippen LogP contribution in [-0.4, -0.2) is 33.0 Å². The van der Waals surface area contributed by atoms with E-state index in [1.54, 1.807) is 16.4 Å². The molecule has 108 valence electrons. The minimum absolute atomic E-state index is 0.118. The number of hydrogen-bond donors (Lipinski definition) is 1. The highest BCUT2D eigenvalue weighted by molar-refractivity contribution is 7.98. The molecule has 0 radical (unpaired) electrons. The van der Waals surface area contributed by atoms with Crippen LogP contribution in [0, 0.1) is 5.92 Å². The average molecular weight is 291 g/mol. The number of rotatable bonds is 6. The van der Waals surface area contributed by atoms with E-state index in [-0.39, 0.29) is 6.04 Å². The number of tetrazole rings is 1. The van der Waals surface area contributed by atoms with Gasteiger partial charge in [-0.1, -0.05) is 13.8 Å². The zero-order valence-electron chi connectivity index (χ0n) is 12.4. The third-order valence-electron chi connectivity index (χ3n) is 3.03. The van der Waals surface area contributed by atoms with Crippen LogP contribution in [0.5, 0.6) is 0 Å². The Morgan fingerprint density at radius 3 is 2.50 bits per heavy atom. The second-order valence-electron chi connectivity index (χ2n) is 5.17. The van der Waals surface area contributed by atoms with Gasteiger partial charge < -0.3 is 5.32 Å². The Morgan fingerprint density at radius 2 is 1.90 bits per heavy atom. The lowest BCUT2D eigenvalue weighted by atomic mass is 10.2. The van der Waals surface area contributed by atoms with Crippen molar-refractivity contribution >= 4 is 11.8 Å². The third kappa shape index (κ3) is 3.58. The number of thioether (sulfide) groups is 1. The first-order valence-corrected chi connectivity index (χ1v) is 8.00. The highest BCUT2D eigenvalue weighted by atomic mass is 32.2. The van der Waals surface area contributed by atoms with Crippen molar-refractivity contribution in [3.05, 3.63) is 30.1 Å². The van der Waals surface area contributed by atoms with Gasteiger partial charge in [0, 0.05) is 4.90 Å². The molecule has 20 heavy (non-hydrogen) atoms. The number of hydrogen-bond acceptors (Lipinski definition) is 5. The number of aromatic nitrogens is 4. The van der Waals surface area contributed by atoms with Crippen LogP contribution >= 0.6 is 11.8 Å². The van der Waals surface area contributed by atoms with E-state index in [0.29, 0.717) is 5.92 Å². The molecule has 0 saturated carbocycles. The van der Waals surface area contributed by atoms with Gasteiger partial charge in [-0.25, -0.2) is 0 Å². The average Bonchev–Trinajstić information content (AvgIpc) is 2.94. The number of nitrogens with zero attached hydrogens (tertiary/aromatic N) is 4. The normalized spacial score (nSPS) is 12.8. The minimum Gasteiger partial charge on any atom is -0.307 e. The standard InChI is InChI=1S/C14H21N5S/c1-10(2)9-15-11(3)14-16-17-18-19(14)12-5-7-13(20-4)8-6-12/h5-8,10-11,15H,9H2,1-4H3. The summed E-state index contributed by atoms with van der Waals surface area (Å²) in [6.07, 6.45) is 2.06. The third-order valence-corrected chi connectivity index (χ3v) is 3.77. The molecule has 2 aromatic rings. The maximum Gasteiger partial charge on any atom is 0.173 e. The Bertz CT molecular complexity index is 535. The smallest absolute Gasteiger partial charge is 0.173 e. The zero-order chi connectivity index (χ0) is 14.5. The molecule has 1 atom stereocenters. The summed E-state index contributed by atoms with van der Waals surface area (Å²) in [6.45, 7) is 7.40. The summed E-state index contributed by atoms with van der Waals surface area (Å²) in [7, 11) is 0. The van der Waals surface area contributed by atoms with Crippen LogP contribution < -0.4 is 5.32 Å². The van der Waals surface area contributed by atoms with Crippen molar-refractivity contribution in [2.45, 2.75) is 31.7 Å². The minimum atomic E-state index is 0.118. The Hall–Kier alpha value is -1.40. The summed E-state index contributed by atoms with van der Waals surface area (Å²) < 4.78 is 1.79. The molecule has 0 aliphatic carbocycles. The highest BCUT2D eigenvalue weighted by Gasteiger charge is 2.15. The van der Waals surface area contributed by atoms with E-state index in [1.807, 2.05) is 12.1 Å². The van der Waals surface area contributed by atoms with Gasteiger partial charge in [-0.15, -0.1) is 16.9 Å². The van der Waals surface area contributed by atoms with E-state index in [1.165, 1.54) is 4.90 Å². The molecule has 6 heteroatoms. The molecule has 1 heterocycles. The van der Waals surface area contributed by atoms with Gasteiger partial charge in [0.25, 0.3) is 0 Å². The van der Waals surface area contributed by atoms with Crippen LogP contribution in [0.2, 0.25) is 0 Å². The van der Waals surface area contributed by atoms with Crippen molar-refractivity contribution < 1.29 is 0 Å². The predicted molar refractivity (Wildman–Crippen MR) is 82.2 cm³/mol. The quantitative estimate of drug-likeness (QED) is 0.829. The lowest BCUT2D eigenvalue weighted by molar-refractivity contribution is 0.475. The first kappa shape index (κ1) is 15.0. The molecule has 1 unspecified atom stereocenters. The van der Waals surface area contributed by atoms with Crippen molar-refractivity contribution in [2.24, 2.45) is 5.92 Å². The lowest BCUT2D eigenvalue weighted by Crippen LogP contribution is -2.25. The van der Waals surface area contributed by atoms with Gasteiger partial charge in [0.1, 0.15) is 0 Å². The van der Waals surface area contributed by atoms with E-state index in [9.17, 15) is 0 Å². The Balaban J connectivity index is 2.18. The summed E-state index contributed by atoms with van der Waals surface area (Å²) in [4.78, 5) is 1.23. The van der Waals surface area contributed by atoms with Crippen molar-refractivity contribution in [3.8, 4) is 5.69 Å². The molecule has 0 fully saturated rings. The van der Waals surface area contributed by atoms with Gasteiger partial charge in [-0.3, -0.25) is 0 Å². The first-order chi connectivity index (χ1) is 9.61. The summed E-state index contributed by atoms with van der Waals surface area (Å²) in [5.74, 6) is 1.44. The molecule has 0 aliphatic heterocycles. The van der Waals surface area contributed by atoms with Crippen LogP contribution in [0.1, 0.15) is 32.6 Å². The van der Waals surface area contributed by atoms with Crippen molar-refractivity contribution in [1.82, 2.24) is 25.5 Å². The fourth-order valence-electron chi connectivity index (χ4n) is 1.88. The van der Waals surface area contributed by atoms with Gasteiger partial charge in [0.05, 0.1) is 11.7 Å². The van der Waals surface area contributed by atoms with Gasteiger partial charge in [-0.2, -0.15) is 4.68 Å². The molecule has 0 bridgehead atoms. The van der Waals surface area contributed by atoms with Crippen LogP contribution in [0.15, 0.2) is 29.2 Å². The monoisotopic (exact) mass is 291 g/mol. The van der Waals surface area contributed by atoms with E-state index in [2.05, 4.69) is 60.0 Å². The van der Waals surface area contributed by atoms with E-state index in [0.717, 1.165) is 18.1 Å². The summed E-state index contributed by atoms with van der Waals surface area (Å²) >= 11 is 1.72.